The number of carboxylic acids is 1. The Bertz CT molecular complexity index is 5160. The van der Waals surface area contributed by atoms with Gasteiger partial charge in [-0.3, -0.25) is 5.41 Å². The van der Waals surface area contributed by atoms with Crippen LogP contribution >= 0.6 is 0 Å². The molecule has 0 saturated heterocycles. The van der Waals surface area contributed by atoms with E-state index in [4.69, 9.17) is 15.9 Å². The number of halogens is 8. The first-order valence-corrected chi connectivity index (χ1v) is 38.5. The zero-order valence-corrected chi connectivity index (χ0v) is 64.5. The van der Waals surface area contributed by atoms with Crippen molar-refractivity contribution >= 4 is 17.9 Å². The second-order valence-electron chi connectivity index (χ2n) is 29.6. The largest absolute Gasteiger partial charge is 0.602 e. The highest BCUT2D eigenvalue weighted by Crippen LogP contribution is 2.62. The minimum absolute atomic E-state index is 0.0747. The molecule has 0 aliphatic heterocycles. The number of amidine groups is 1. The van der Waals surface area contributed by atoms with Gasteiger partial charge in [-0.1, -0.05) is 110 Å². The Labute approximate surface area is 650 Å². The lowest BCUT2D eigenvalue weighted by molar-refractivity contribution is -0.587. The molecule has 27 heteroatoms. The van der Waals surface area contributed by atoms with Crippen LogP contribution in [0.25, 0.3) is 45.0 Å². The Hall–Kier alpha value is -11.3. The number of hydrogen-bond donors (Lipinski definition) is 3. The van der Waals surface area contributed by atoms with E-state index >= 15 is 0 Å². The number of hydrogen-bond acceptors (Lipinski definition) is 16. The van der Waals surface area contributed by atoms with Gasteiger partial charge in [0.1, 0.15) is 69.3 Å². The van der Waals surface area contributed by atoms with Gasteiger partial charge in [-0.2, -0.15) is 30.5 Å². The molecule has 0 spiro atoms. The summed E-state index contributed by atoms with van der Waals surface area (Å²) in [7, 11) is 0. The summed E-state index contributed by atoms with van der Waals surface area (Å²) >= 11 is 0. The Morgan fingerprint density at radius 2 is 0.876 bits per heavy atom. The summed E-state index contributed by atoms with van der Waals surface area (Å²) in [6.07, 6.45) is 20.5. The van der Waals surface area contributed by atoms with E-state index in [1.807, 2.05) is 0 Å². The SMILES string of the molecule is CCC.CCC.CCC.CCC.CCOC(=O)[n+]1ccnc([C@]23CC[C@H](C2)c2cc(-c4c(F)cccc4F)nnc23)c1.N#C[C@]12CC[C@H](C1)c1cc(-c3c(F)cccc3F)nnc12.N=C(N)[C@]12CC[C@H](C1)c1cc(-c3c(F)cccc3F)nnc12.O=C(O)c1ccnc([C@]23CC[C@H](C2)c2cc(-c4c(F)cccc4F)nnc23)n1. The van der Waals surface area contributed by atoms with Gasteiger partial charge in [0.2, 0.25) is 6.20 Å². The van der Waals surface area contributed by atoms with Gasteiger partial charge in [-0.05, 0) is 209 Å². The number of carbonyl (C=O) groups excluding carboxylic acids is 1. The molecule has 4 fully saturated rings. The minimum atomic E-state index is -1.12. The third-order valence-corrected chi connectivity index (χ3v) is 21.5. The van der Waals surface area contributed by atoms with Crippen molar-refractivity contribution in [3.63, 3.8) is 0 Å². The molecule has 8 atom stereocenters. The van der Waals surface area contributed by atoms with Crippen LogP contribution in [0.5, 0.6) is 0 Å². The van der Waals surface area contributed by atoms with E-state index in [2.05, 4.69) is 117 Å². The van der Waals surface area contributed by atoms with Crippen LogP contribution in [0, 0.1) is 63.3 Å². The van der Waals surface area contributed by atoms with E-state index in [0.717, 1.165) is 104 Å². The number of nitriles is 1. The first kappa shape index (κ1) is 82.7. The molecule has 8 aliphatic carbocycles. The molecular weight excluding hydrogens is 1460 g/mol. The van der Waals surface area contributed by atoms with Crippen LogP contribution in [-0.4, -0.2) is 85.4 Å². The van der Waals surface area contributed by atoms with Crippen LogP contribution in [0.1, 0.15) is 256 Å². The van der Waals surface area contributed by atoms with Crippen LogP contribution in [-0.2, 0) is 26.4 Å². The molecular formula is C86H90F8N15O4+. The topological polar surface area (TPSA) is 283 Å². The van der Waals surface area contributed by atoms with E-state index in [0.29, 0.717) is 29.3 Å². The molecule has 4 N–H and O–H groups in total. The predicted octanol–water partition coefficient (Wildman–Crippen LogP) is 19.2. The average molecular weight is 1550 g/mol. The molecule has 8 bridgehead atoms. The first-order chi connectivity index (χ1) is 54.4. The minimum Gasteiger partial charge on any atom is -0.477 e. The number of aromatic nitrogens is 12. The monoisotopic (exact) mass is 1550 g/mol. The average Bonchev–Trinajstić information content (AvgIpc) is 1.58. The molecule has 4 aromatic carbocycles. The van der Waals surface area contributed by atoms with E-state index in [1.54, 1.807) is 49.8 Å². The summed E-state index contributed by atoms with van der Waals surface area (Å²) in [5.41, 5.74) is 10.9. The molecule has 18 rings (SSSR count). The van der Waals surface area contributed by atoms with Crippen LogP contribution < -0.4 is 10.3 Å². The first-order valence-electron chi connectivity index (χ1n) is 38.5. The summed E-state index contributed by atoms with van der Waals surface area (Å²) in [5.74, 6) is -5.07. The molecule has 19 nitrogen and oxygen atoms in total. The summed E-state index contributed by atoms with van der Waals surface area (Å²) in [4.78, 5) is 36.5. The quantitative estimate of drug-likeness (QED) is 0.0524. The Balaban J connectivity index is 0.000000143. The fraction of sp³-hybridized carbons (Fsp3) is 0.395. The lowest BCUT2D eigenvalue weighted by atomic mass is 9.80. The fourth-order valence-corrected chi connectivity index (χ4v) is 16.8. The number of nitrogens with one attached hydrogen (secondary N) is 1. The molecule has 8 aliphatic rings. The maximum Gasteiger partial charge on any atom is 0.602 e. The lowest BCUT2D eigenvalue weighted by Gasteiger charge is -2.25. The highest BCUT2D eigenvalue weighted by atomic mass is 19.2. The Morgan fingerprint density at radius 1 is 0.504 bits per heavy atom. The summed E-state index contributed by atoms with van der Waals surface area (Å²) in [6, 6.07) is 25.4. The number of carboxylic acid groups (broad SMARTS) is 1. The molecule has 4 saturated carbocycles. The molecule has 6 heterocycles. The van der Waals surface area contributed by atoms with Crippen molar-refractivity contribution in [3.8, 4) is 51.1 Å². The second-order valence-corrected chi connectivity index (χ2v) is 29.6. The van der Waals surface area contributed by atoms with Gasteiger partial charge >= 0.3 is 12.1 Å². The fourth-order valence-electron chi connectivity index (χ4n) is 16.8. The van der Waals surface area contributed by atoms with Gasteiger partial charge in [0, 0.05) is 6.20 Å². The zero-order valence-electron chi connectivity index (χ0n) is 64.5. The number of ether oxygens (including phenoxy) is 1. The highest BCUT2D eigenvalue weighted by molar-refractivity contribution is 5.91. The van der Waals surface area contributed by atoms with Crippen LogP contribution in [0.2, 0.25) is 0 Å². The van der Waals surface area contributed by atoms with Gasteiger partial charge in [0.15, 0.2) is 11.9 Å². The van der Waals surface area contributed by atoms with Crippen molar-refractivity contribution in [2.24, 2.45) is 5.73 Å². The van der Waals surface area contributed by atoms with Gasteiger partial charge in [-0.25, -0.2) is 54.9 Å². The number of aromatic carboxylic acids is 1. The van der Waals surface area contributed by atoms with Gasteiger partial charge in [-0.15, -0.1) is 20.4 Å². The molecule has 0 unspecified atom stereocenters. The Morgan fingerprint density at radius 3 is 1.31 bits per heavy atom. The van der Waals surface area contributed by atoms with E-state index in [-0.39, 0.29) is 86.8 Å². The maximum absolute atomic E-state index is 14.2. The van der Waals surface area contributed by atoms with Crippen molar-refractivity contribution in [1.82, 2.24) is 55.7 Å². The lowest BCUT2D eigenvalue weighted by Crippen LogP contribution is -2.44. The highest BCUT2D eigenvalue weighted by Gasteiger charge is 2.57. The molecule has 6 aromatic heterocycles. The van der Waals surface area contributed by atoms with Gasteiger partial charge in [0.25, 0.3) is 0 Å². The molecule has 113 heavy (non-hydrogen) atoms. The molecule has 0 amide bonds. The maximum atomic E-state index is 14.2. The summed E-state index contributed by atoms with van der Waals surface area (Å²) in [5, 5.41) is 59.8. The Kier molecular flexibility index (Phi) is 25.7. The van der Waals surface area contributed by atoms with Crippen molar-refractivity contribution in [3.05, 3.63) is 237 Å². The molecule has 10 aromatic rings. The summed E-state index contributed by atoms with van der Waals surface area (Å²) < 4.78 is 119. The van der Waals surface area contributed by atoms with Crippen LogP contribution in [0.3, 0.4) is 0 Å². The van der Waals surface area contributed by atoms with Crippen molar-refractivity contribution < 1.29 is 59.1 Å². The van der Waals surface area contributed by atoms with Crippen LogP contribution in [0.15, 0.2) is 128 Å². The summed E-state index contributed by atoms with van der Waals surface area (Å²) in [6.45, 7) is 19.0. The number of rotatable bonds is 9. The van der Waals surface area contributed by atoms with Crippen LogP contribution in [0.4, 0.5) is 39.9 Å². The van der Waals surface area contributed by atoms with E-state index < -0.39 is 80.3 Å². The molecule has 0 radical (unpaired) electrons. The smallest absolute Gasteiger partial charge is 0.477 e. The van der Waals surface area contributed by atoms with Crippen molar-refractivity contribution in [2.75, 3.05) is 6.61 Å². The standard InChI is InChI=1S/C22H19F2N4O2.C20H14F2N4O2.C16H14F2N4.C16H11F2N3.4C3H8/c1-2-30-21(29)28-9-8-25-18(12-28)22-7-6-13(11-22)14-10-17(26-27-20(14)22)19-15(23)4-3-5-16(19)24;21-12-2-1-3-13(22)16(12)15-8-11-10-4-6-20(9-10,17(11)26-25-15)19-23-7-5-14(24-19)18(27)28;17-10-2-1-3-11(18)13(10)12-6-9-8-4-5-16(7-8,15(19)20)14(9)22-21-12;17-11-2-1-3-12(18)14(11)13-6-10-9-4-5-16(7-9,8-19)15(10)21-20-13;4*1-3-2/h3-5,8-10,12-13H,2,6-7,11H2,1H3;1-3,5,7-8,10H,4,6,9H2,(H,27,28);1-3,6,8H,4-5,7H2,(H3,19,20);1-3,6,9H,4-5,7H2;4*3H2,1-2H3/q+1;;;;;;;/t13-,22+;10-,20-;8-,16-;9-,16+;;;;/m1111..../s1. The van der Waals surface area contributed by atoms with E-state index in [9.17, 15) is 55.1 Å². The number of nitrogens with two attached hydrogens (primary N) is 1. The van der Waals surface area contributed by atoms with Gasteiger partial charge in [0.05, 0.1) is 103 Å². The van der Waals surface area contributed by atoms with Gasteiger partial charge < -0.3 is 15.6 Å². The van der Waals surface area contributed by atoms with Crippen molar-refractivity contribution in [1.29, 1.82) is 10.7 Å². The van der Waals surface area contributed by atoms with E-state index in [1.165, 1.54) is 115 Å². The molecule has 588 valence electrons. The van der Waals surface area contributed by atoms with Crippen molar-refractivity contribution in [2.45, 2.75) is 210 Å². The predicted molar refractivity (Wildman–Crippen MR) is 408 cm³/mol. The second kappa shape index (κ2) is 35.2. The third kappa shape index (κ3) is 15.9. The normalized spacial score (nSPS) is 21.6. The number of nitrogens with zero attached hydrogens (tertiary/aromatic N) is 13. The number of benzene rings is 4. The number of carbonyl (C=O) groups is 2. The number of fused-ring (bicyclic) bond motifs is 20. The third-order valence-electron chi connectivity index (χ3n) is 21.5. The zero-order chi connectivity index (χ0) is 81.3.